The van der Waals surface area contributed by atoms with E-state index in [0.717, 1.165) is 23.4 Å². The summed E-state index contributed by atoms with van der Waals surface area (Å²) in [5, 5.41) is 9.66. The van der Waals surface area contributed by atoms with Crippen molar-refractivity contribution in [1.82, 2.24) is 25.0 Å². The van der Waals surface area contributed by atoms with Crippen molar-refractivity contribution >= 4 is 29.3 Å². The maximum absolute atomic E-state index is 13.7. The van der Waals surface area contributed by atoms with Crippen molar-refractivity contribution < 1.29 is 28.0 Å². The van der Waals surface area contributed by atoms with Crippen LogP contribution in [0, 0.1) is 12.8 Å². The van der Waals surface area contributed by atoms with Crippen molar-refractivity contribution in [2.45, 2.75) is 51.1 Å². The summed E-state index contributed by atoms with van der Waals surface area (Å²) in [5.74, 6) is -1.92. The number of benzene rings is 1. The van der Waals surface area contributed by atoms with Crippen LogP contribution in [0.15, 0.2) is 42.6 Å². The fourth-order valence-electron chi connectivity index (χ4n) is 5.57. The monoisotopic (exact) mass is 548 g/mol. The highest BCUT2D eigenvalue weighted by Gasteiger charge is 2.44. The van der Waals surface area contributed by atoms with E-state index in [-0.39, 0.29) is 41.6 Å². The van der Waals surface area contributed by atoms with Gasteiger partial charge in [-0.05, 0) is 62.4 Å². The molecule has 10 nitrogen and oxygen atoms in total. The molecule has 3 aromatic rings. The van der Waals surface area contributed by atoms with Crippen LogP contribution in [0.25, 0.3) is 11.3 Å². The highest BCUT2D eigenvalue weighted by molar-refractivity contribution is 6.23. The largest absolute Gasteiger partial charge is 0.385 e. The van der Waals surface area contributed by atoms with Crippen molar-refractivity contribution in [1.29, 1.82) is 0 Å². The molecular formula is C28H26F2N6O4. The molecular weight excluding hydrogens is 522 g/mol. The van der Waals surface area contributed by atoms with E-state index in [2.05, 4.69) is 20.7 Å². The number of anilines is 1. The molecule has 1 saturated carbocycles. The molecule has 12 heteroatoms. The highest BCUT2D eigenvalue weighted by Crippen LogP contribution is 2.40. The summed E-state index contributed by atoms with van der Waals surface area (Å²) < 4.78 is 29.0. The van der Waals surface area contributed by atoms with Gasteiger partial charge >= 0.3 is 0 Å². The van der Waals surface area contributed by atoms with Crippen LogP contribution in [-0.2, 0) is 9.59 Å². The first kappa shape index (κ1) is 25.8. The van der Waals surface area contributed by atoms with Crippen molar-refractivity contribution in [2.24, 2.45) is 5.92 Å². The predicted octanol–water partition coefficient (Wildman–Crippen LogP) is 3.66. The molecule has 2 N–H and O–H groups in total. The van der Waals surface area contributed by atoms with Gasteiger partial charge in [0.25, 0.3) is 18.2 Å². The number of aromatic nitrogens is 3. The first-order valence-corrected chi connectivity index (χ1v) is 13.1. The predicted molar refractivity (Wildman–Crippen MR) is 139 cm³/mol. The number of rotatable bonds is 7. The van der Waals surface area contributed by atoms with Gasteiger partial charge in [-0.15, -0.1) is 0 Å². The van der Waals surface area contributed by atoms with E-state index >= 15 is 0 Å². The molecule has 6 rings (SSSR count). The Balaban J connectivity index is 1.09. The zero-order valence-electron chi connectivity index (χ0n) is 21.6. The van der Waals surface area contributed by atoms with Crippen LogP contribution in [0.4, 0.5) is 14.5 Å². The van der Waals surface area contributed by atoms with E-state index in [9.17, 15) is 28.0 Å². The first-order valence-electron chi connectivity index (χ1n) is 13.1. The Kier molecular flexibility index (Phi) is 6.40. The molecule has 4 heterocycles. The number of fused-ring (bicyclic) bond motifs is 1. The molecule has 0 spiro atoms. The van der Waals surface area contributed by atoms with Gasteiger partial charge in [0.05, 0.1) is 22.9 Å². The third-order valence-electron chi connectivity index (χ3n) is 7.75. The lowest BCUT2D eigenvalue weighted by molar-refractivity contribution is -0.136. The number of carbonyl (C=O) groups excluding carboxylic acids is 4. The summed E-state index contributed by atoms with van der Waals surface area (Å²) in [4.78, 5) is 54.9. The fourth-order valence-corrected chi connectivity index (χ4v) is 5.57. The minimum Gasteiger partial charge on any atom is -0.385 e. The first-order chi connectivity index (χ1) is 19.2. The van der Waals surface area contributed by atoms with Gasteiger partial charge in [-0.25, -0.2) is 8.78 Å². The number of alkyl halides is 2. The topological polar surface area (TPSA) is 126 Å². The molecule has 0 bridgehead atoms. The summed E-state index contributed by atoms with van der Waals surface area (Å²) in [7, 11) is 0. The number of pyridine rings is 1. The standard InChI is InChI=1S/C28H26F2N6O4/c1-14-3-2-4-21(32-14)20-13-35(34-24(20)25(29)30)17-9-15(10-17)12-31-16-5-6-18-19(11-16)28(40)36(27(18)39)22-7-8-23(37)33-26(22)38/h2-6,11,13,15,17,22,25,31H,7-10,12H2,1H3,(H,33,37,38)/t15-,17-,22?. The van der Waals surface area contributed by atoms with Gasteiger partial charge in [-0.2, -0.15) is 5.10 Å². The third kappa shape index (κ3) is 4.52. The van der Waals surface area contributed by atoms with Crippen LogP contribution in [0.1, 0.15) is 70.3 Å². The number of aryl methyl sites for hydroxylation is 1. The second-order valence-corrected chi connectivity index (χ2v) is 10.5. The number of halogens is 2. The Hall–Kier alpha value is -4.48. The average molecular weight is 549 g/mol. The van der Waals surface area contributed by atoms with Gasteiger partial charge in [0, 0.05) is 36.1 Å². The molecule has 206 valence electrons. The number of nitrogens with zero attached hydrogens (tertiary/aromatic N) is 4. The Morgan fingerprint density at radius 1 is 1.05 bits per heavy atom. The maximum atomic E-state index is 13.7. The molecule has 4 amide bonds. The van der Waals surface area contributed by atoms with Crippen LogP contribution in [0.3, 0.4) is 0 Å². The van der Waals surface area contributed by atoms with E-state index < -0.39 is 36.1 Å². The molecule has 2 aliphatic heterocycles. The van der Waals surface area contributed by atoms with Gasteiger partial charge in [-0.1, -0.05) is 6.07 Å². The molecule has 2 aromatic heterocycles. The number of carbonyl (C=O) groups is 4. The molecule has 1 atom stereocenters. The lowest BCUT2D eigenvalue weighted by Crippen LogP contribution is -2.54. The van der Waals surface area contributed by atoms with E-state index in [4.69, 9.17) is 0 Å². The Bertz CT molecular complexity index is 1550. The molecule has 0 radical (unpaired) electrons. The zero-order chi connectivity index (χ0) is 28.1. The van der Waals surface area contributed by atoms with Crippen LogP contribution < -0.4 is 10.6 Å². The van der Waals surface area contributed by atoms with Gasteiger partial charge in [0.1, 0.15) is 11.7 Å². The van der Waals surface area contributed by atoms with Crippen molar-refractivity contribution in [3.63, 3.8) is 0 Å². The van der Waals surface area contributed by atoms with Crippen LogP contribution in [-0.4, -0.2) is 55.9 Å². The van der Waals surface area contributed by atoms with Crippen LogP contribution in [0.5, 0.6) is 0 Å². The summed E-state index contributed by atoms with van der Waals surface area (Å²) in [5.41, 5.74) is 2.35. The quantitative estimate of drug-likeness (QED) is 0.432. The van der Waals surface area contributed by atoms with Crippen molar-refractivity contribution in [2.75, 3.05) is 11.9 Å². The number of piperidine rings is 1. The minimum absolute atomic E-state index is 0.0100. The third-order valence-corrected chi connectivity index (χ3v) is 7.75. The number of amides is 4. The summed E-state index contributed by atoms with van der Waals surface area (Å²) in [6, 6.07) is 9.13. The second-order valence-electron chi connectivity index (χ2n) is 10.5. The Morgan fingerprint density at radius 3 is 2.55 bits per heavy atom. The van der Waals surface area contributed by atoms with Crippen molar-refractivity contribution in [3.8, 4) is 11.3 Å². The molecule has 1 unspecified atom stereocenters. The summed E-state index contributed by atoms with van der Waals surface area (Å²) in [6.45, 7) is 2.40. The summed E-state index contributed by atoms with van der Waals surface area (Å²) in [6.07, 6.45) is 0.576. The number of nitrogens with one attached hydrogen (secondary N) is 2. The maximum Gasteiger partial charge on any atom is 0.282 e. The number of hydrogen-bond donors (Lipinski definition) is 2. The lowest BCUT2D eigenvalue weighted by atomic mass is 9.80. The van der Waals surface area contributed by atoms with E-state index in [1.54, 1.807) is 41.2 Å². The van der Waals surface area contributed by atoms with E-state index in [0.29, 0.717) is 23.5 Å². The molecule has 3 aliphatic rings. The molecule has 1 aromatic carbocycles. The molecule has 1 saturated heterocycles. The zero-order valence-corrected chi connectivity index (χ0v) is 21.6. The second kappa shape index (κ2) is 9.92. The van der Waals surface area contributed by atoms with Gasteiger partial charge < -0.3 is 5.32 Å². The molecule has 40 heavy (non-hydrogen) atoms. The summed E-state index contributed by atoms with van der Waals surface area (Å²) >= 11 is 0. The average Bonchev–Trinajstić information content (AvgIpc) is 3.43. The Morgan fingerprint density at radius 2 is 1.82 bits per heavy atom. The minimum atomic E-state index is -2.71. The number of imide groups is 2. The van der Waals surface area contributed by atoms with E-state index in [1.807, 2.05) is 13.0 Å². The normalized spacial score (nSPS) is 22.4. The smallest absolute Gasteiger partial charge is 0.282 e. The Labute approximate surface area is 227 Å². The fraction of sp³-hybridized carbons (Fsp3) is 0.357. The highest BCUT2D eigenvalue weighted by atomic mass is 19.3. The molecule has 2 fully saturated rings. The van der Waals surface area contributed by atoms with Crippen LogP contribution in [0.2, 0.25) is 0 Å². The van der Waals surface area contributed by atoms with Gasteiger partial charge in [0.2, 0.25) is 11.8 Å². The van der Waals surface area contributed by atoms with E-state index in [1.165, 1.54) is 0 Å². The lowest BCUT2D eigenvalue weighted by Gasteiger charge is -2.35. The molecule has 1 aliphatic carbocycles. The van der Waals surface area contributed by atoms with Gasteiger partial charge in [0.15, 0.2) is 0 Å². The van der Waals surface area contributed by atoms with Crippen LogP contribution >= 0.6 is 0 Å². The van der Waals surface area contributed by atoms with Gasteiger partial charge in [-0.3, -0.25) is 39.1 Å². The van der Waals surface area contributed by atoms with Crippen molar-refractivity contribution in [3.05, 3.63) is 65.1 Å². The number of hydrogen-bond acceptors (Lipinski definition) is 7. The SMILES string of the molecule is Cc1cccc(-c2cn([C@H]3C[C@H](CNc4ccc5c(c4)C(=O)N(C4CCC(=O)NC4=O)C5=O)C3)nc2C(F)F)n1.